The second-order valence-electron chi connectivity index (χ2n) is 5.67. The first-order chi connectivity index (χ1) is 12.0. The molecule has 3 rings (SSSR count). The van der Waals surface area contributed by atoms with Gasteiger partial charge in [0.05, 0.1) is 18.2 Å². The summed E-state index contributed by atoms with van der Waals surface area (Å²) < 4.78 is 1.02. The number of amides is 1. The zero-order chi connectivity index (χ0) is 17.8. The van der Waals surface area contributed by atoms with Crippen LogP contribution in [0.2, 0.25) is 5.02 Å². The van der Waals surface area contributed by atoms with E-state index in [-0.39, 0.29) is 18.4 Å². The number of halogens is 2. The molecule has 3 aromatic rings. The summed E-state index contributed by atoms with van der Waals surface area (Å²) in [4.78, 5) is 16.8. The minimum absolute atomic E-state index is 0.0432. The highest BCUT2D eigenvalue weighted by Gasteiger charge is 2.13. The summed E-state index contributed by atoms with van der Waals surface area (Å²) in [6, 6.07) is 15.4. The van der Waals surface area contributed by atoms with Crippen molar-refractivity contribution in [3.63, 3.8) is 0 Å². The predicted octanol–water partition coefficient (Wildman–Crippen LogP) is 5.65. The Balaban J connectivity index is 1.62. The van der Waals surface area contributed by atoms with Crippen molar-refractivity contribution in [3.05, 3.63) is 74.7 Å². The van der Waals surface area contributed by atoms with Gasteiger partial charge < -0.3 is 5.32 Å². The molecule has 1 amide bonds. The molecule has 25 heavy (non-hydrogen) atoms. The average Bonchev–Trinajstić information content (AvgIpc) is 3.03. The van der Waals surface area contributed by atoms with Crippen LogP contribution in [-0.4, -0.2) is 10.9 Å². The van der Waals surface area contributed by atoms with Crippen molar-refractivity contribution in [2.24, 2.45) is 0 Å². The third kappa shape index (κ3) is 4.91. The van der Waals surface area contributed by atoms with Gasteiger partial charge in [0.1, 0.15) is 5.01 Å². The number of thiazole rings is 1. The highest BCUT2D eigenvalue weighted by molar-refractivity contribution is 9.10. The van der Waals surface area contributed by atoms with Crippen molar-refractivity contribution in [1.82, 2.24) is 10.3 Å². The Hall–Kier alpha value is -1.69. The van der Waals surface area contributed by atoms with Crippen LogP contribution in [0.1, 0.15) is 24.2 Å². The van der Waals surface area contributed by atoms with Gasteiger partial charge in [-0.15, -0.1) is 11.3 Å². The first-order valence-electron chi connectivity index (χ1n) is 7.76. The molecule has 0 spiro atoms. The molecule has 2 aromatic carbocycles. The molecule has 0 bridgehead atoms. The summed E-state index contributed by atoms with van der Waals surface area (Å²) in [5.41, 5.74) is 2.79. The first kappa shape index (κ1) is 18.1. The lowest BCUT2D eigenvalue weighted by Crippen LogP contribution is -2.28. The van der Waals surface area contributed by atoms with Crippen LogP contribution in [-0.2, 0) is 11.2 Å². The van der Waals surface area contributed by atoms with Crippen LogP contribution < -0.4 is 5.32 Å². The fourth-order valence-corrected chi connectivity index (χ4v) is 3.71. The molecule has 1 heterocycles. The molecule has 1 atom stereocenters. The van der Waals surface area contributed by atoms with Crippen LogP contribution in [0.4, 0.5) is 0 Å². The van der Waals surface area contributed by atoms with Gasteiger partial charge in [0.25, 0.3) is 0 Å². The molecule has 6 heteroatoms. The molecule has 1 unspecified atom stereocenters. The van der Waals surface area contributed by atoms with E-state index in [9.17, 15) is 4.79 Å². The van der Waals surface area contributed by atoms with E-state index in [2.05, 4.69) is 26.2 Å². The number of rotatable bonds is 5. The second-order valence-corrected chi connectivity index (χ2v) is 7.88. The number of hydrogen-bond donors (Lipinski definition) is 1. The van der Waals surface area contributed by atoms with Gasteiger partial charge in [-0.25, -0.2) is 4.98 Å². The van der Waals surface area contributed by atoms with Crippen molar-refractivity contribution in [3.8, 4) is 10.6 Å². The van der Waals surface area contributed by atoms with Gasteiger partial charge in [-0.2, -0.15) is 0 Å². The van der Waals surface area contributed by atoms with Crippen molar-refractivity contribution < 1.29 is 4.79 Å². The van der Waals surface area contributed by atoms with Crippen LogP contribution >= 0.6 is 38.9 Å². The van der Waals surface area contributed by atoms with Crippen LogP contribution in [0.3, 0.4) is 0 Å². The number of nitrogens with one attached hydrogen (secondary N) is 1. The Morgan fingerprint density at radius 3 is 2.76 bits per heavy atom. The topological polar surface area (TPSA) is 42.0 Å². The third-order valence-corrected chi connectivity index (χ3v) is 5.42. The van der Waals surface area contributed by atoms with E-state index in [4.69, 9.17) is 11.6 Å². The van der Waals surface area contributed by atoms with Gasteiger partial charge in [-0.05, 0) is 36.8 Å². The maximum Gasteiger partial charge on any atom is 0.226 e. The monoisotopic (exact) mass is 434 g/mol. The Bertz CT molecular complexity index is 879. The molecule has 1 N–H and O–H groups in total. The van der Waals surface area contributed by atoms with E-state index in [0.29, 0.717) is 5.02 Å². The number of aromatic nitrogens is 1. The van der Waals surface area contributed by atoms with E-state index in [1.54, 1.807) is 0 Å². The Morgan fingerprint density at radius 1 is 1.28 bits per heavy atom. The van der Waals surface area contributed by atoms with Gasteiger partial charge in [-0.1, -0.05) is 51.8 Å². The van der Waals surface area contributed by atoms with Crippen molar-refractivity contribution >= 4 is 44.8 Å². The van der Waals surface area contributed by atoms with Crippen molar-refractivity contribution in [1.29, 1.82) is 0 Å². The molecule has 1 aromatic heterocycles. The van der Waals surface area contributed by atoms with Gasteiger partial charge >= 0.3 is 0 Å². The summed E-state index contributed by atoms with van der Waals surface area (Å²) >= 11 is 10.9. The van der Waals surface area contributed by atoms with Gasteiger partial charge in [-0.3, -0.25) is 4.79 Å². The quantitative estimate of drug-likeness (QED) is 0.563. The lowest BCUT2D eigenvalue weighted by molar-refractivity contribution is -0.121. The largest absolute Gasteiger partial charge is 0.349 e. The second kappa shape index (κ2) is 8.13. The summed E-state index contributed by atoms with van der Waals surface area (Å²) in [5, 5.41) is 6.47. The maximum absolute atomic E-state index is 12.3. The molecule has 3 nitrogen and oxygen atoms in total. The summed E-state index contributed by atoms with van der Waals surface area (Å²) in [5.74, 6) is -0.0432. The molecular weight excluding hydrogens is 420 g/mol. The highest BCUT2D eigenvalue weighted by atomic mass is 79.9. The number of nitrogens with zero attached hydrogens (tertiary/aromatic N) is 1. The standard InChI is InChI=1S/C19H16BrClN2OS/c1-12(13-5-7-15(20)8-6-13)22-18(24)10-17-11-25-19(23-17)14-3-2-4-16(21)9-14/h2-9,11-12H,10H2,1H3,(H,22,24). The third-order valence-electron chi connectivity index (χ3n) is 3.71. The SMILES string of the molecule is CC(NC(=O)Cc1csc(-c2cccc(Cl)c2)n1)c1ccc(Br)cc1. The predicted molar refractivity (Wildman–Crippen MR) is 107 cm³/mol. The minimum atomic E-state index is -0.0494. The fraction of sp³-hybridized carbons (Fsp3) is 0.158. The normalized spacial score (nSPS) is 12.0. The molecule has 0 fully saturated rings. The van der Waals surface area contributed by atoms with Crippen LogP contribution in [0.15, 0.2) is 58.4 Å². The highest BCUT2D eigenvalue weighted by Crippen LogP contribution is 2.26. The molecule has 0 aliphatic carbocycles. The lowest BCUT2D eigenvalue weighted by atomic mass is 10.1. The van der Waals surface area contributed by atoms with E-state index in [0.717, 1.165) is 26.3 Å². The molecule has 0 radical (unpaired) electrons. The molecule has 0 aliphatic heterocycles. The number of benzene rings is 2. The van der Waals surface area contributed by atoms with Gasteiger partial charge in [0, 0.05) is 20.4 Å². The zero-order valence-electron chi connectivity index (χ0n) is 13.5. The van der Waals surface area contributed by atoms with E-state index >= 15 is 0 Å². The van der Waals surface area contributed by atoms with Gasteiger partial charge in [0.2, 0.25) is 5.91 Å². The van der Waals surface area contributed by atoms with E-state index < -0.39 is 0 Å². The Morgan fingerprint density at radius 2 is 2.04 bits per heavy atom. The minimum Gasteiger partial charge on any atom is -0.349 e. The molecule has 128 valence electrons. The lowest BCUT2D eigenvalue weighted by Gasteiger charge is -2.14. The smallest absolute Gasteiger partial charge is 0.226 e. The Kier molecular flexibility index (Phi) is 5.89. The summed E-state index contributed by atoms with van der Waals surface area (Å²) in [6.07, 6.45) is 0.262. The number of carbonyl (C=O) groups is 1. The van der Waals surface area contributed by atoms with Crippen molar-refractivity contribution in [2.45, 2.75) is 19.4 Å². The molecule has 0 aliphatic rings. The molecule has 0 saturated heterocycles. The van der Waals surface area contributed by atoms with E-state index in [1.807, 2.05) is 60.8 Å². The Labute approximate surface area is 164 Å². The van der Waals surface area contributed by atoms with Crippen LogP contribution in [0.5, 0.6) is 0 Å². The molecular formula is C19H16BrClN2OS. The van der Waals surface area contributed by atoms with Crippen LogP contribution in [0.25, 0.3) is 10.6 Å². The first-order valence-corrected chi connectivity index (χ1v) is 9.81. The summed E-state index contributed by atoms with van der Waals surface area (Å²) in [7, 11) is 0. The number of hydrogen-bond acceptors (Lipinski definition) is 3. The van der Waals surface area contributed by atoms with E-state index in [1.165, 1.54) is 11.3 Å². The fourth-order valence-electron chi connectivity index (χ4n) is 2.43. The zero-order valence-corrected chi connectivity index (χ0v) is 16.7. The molecule has 0 saturated carbocycles. The van der Waals surface area contributed by atoms with Gasteiger partial charge in [0.15, 0.2) is 0 Å². The number of carbonyl (C=O) groups excluding carboxylic acids is 1. The van der Waals surface area contributed by atoms with Crippen molar-refractivity contribution in [2.75, 3.05) is 0 Å². The average molecular weight is 436 g/mol. The van der Waals surface area contributed by atoms with Crippen LogP contribution in [0, 0.1) is 0 Å². The maximum atomic E-state index is 12.3. The summed E-state index contributed by atoms with van der Waals surface area (Å²) in [6.45, 7) is 1.97.